The third-order valence-electron chi connectivity index (χ3n) is 2.63. The second kappa shape index (κ2) is 6.64. The van der Waals surface area contributed by atoms with Crippen molar-refractivity contribution in [3.8, 4) is 0 Å². The molecule has 2 unspecified atom stereocenters. The van der Waals surface area contributed by atoms with Crippen LogP contribution < -0.4 is 0 Å². The highest BCUT2D eigenvalue weighted by molar-refractivity contribution is 8.00. The Balaban J connectivity index is 2.19. The van der Waals surface area contributed by atoms with Crippen LogP contribution in [-0.4, -0.2) is 16.3 Å². The minimum atomic E-state index is -0.905. The lowest BCUT2D eigenvalue weighted by molar-refractivity contribution is -0.136. The third-order valence-corrected chi connectivity index (χ3v) is 4.56. The molecule has 0 spiro atoms. The number of hydrogen-bond donors (Lipinski definition) is 1. The van der Waals surface area contributed by atoms with Crippen LogP contribution in [0.15, 0.2) is 65.6 Å². The van der Waals surface area contributed by atoms with Crippen molar-refractivity contribution in [3.63, 3.8) is 0 Å². The second-order valence-electron chi connectivity index (χ2n) is 4.00. The fourth-order valence-electron chi connectivity index (χ4n) is 1.69. The van der Waals surface area contributed by atoms with Crippen molar-refractivity contribution in [2.45, 2.75) is 15.5 Å². The Morgan fingerprint density at radius 2 is 1.53 bits per heavy atom. The SMILES string of the molecule is O=C(O)C(Sc1ccccc1)C(Cl)c1ccccc1. The van der Waals surface area contributed by atoms with Crippen molar-refractivity contribution in [2.75, 3.05) is 0 Å². The molecule has 0 aromatic heterocycles. The van der Waals surface area contributed by atoms with E-state index in [1.165, 1.54) is 11.8 Å². The number of rotatable bonds is 5. The van der Waals surface area contributed by atoms with Crippen molar-refractivity contribution in [2.24, 2.45) is 0 Å². The highest BCUT2D eigenvalue weighted by atomic mass is 35.5. The maximum Gasteiger partial charge on any atom is 0.318 e. The Morgan fingerprint density at radius 1 is 1.00 bits per heavy atom. The molecule has 0 aliphatic carbocycles. The number of alkyl halides is 1. The summed E-state index contributed by atoms with van der Waals surface area (Å²) in [5.41, 5.74) is 0.819. The predicted octanol–water partition coefficient (Wildman–Crippen LogP) is 4.21. The number of hydrogen-bond acceptors (Lipinski definition) is 2. The quantitative estimate of drug-likeness (QED) is 0.662. The van der Waals surface area contributed by atoms with Gasteiger partial charge in [-0.3, -0.25) is 4.79 Å². The fraction of sp³-hybridized carbons (Fsp3) is 0.133. The predicted molar refractivity (Wildman–Crippen MR) is 78.8 cm³/mol. The van der Waals surface area contributed by atoms with Gasteiger partial charge in [0.25, 0.3) is 0 Å². The van der Waals surface area contributed by atoms with Gasteiger partial charge in [0.15, 0.2) is 0 Å². The first-order valence-electron chi connectivity index (χ1n) is 5.82. The molecule has 0 fully saturated rings. The largest absolute Gasteiger partial charge is 0.480 e. The molecule has 0 aliphatic rings. The molecule has 0 saturated heterocycles. The fourth-order valence-corrected chi connectivity index (χ4v) is 3.09. The number of benzene rings is 2. The molecule has 2 atom stereocenters. The molecule has 2 aromatic rings. The molecule has 1 N–H and O–H groups in total. The molecular formula is C15H13ClO2S. The number of thioether (sulfide) groups is 1. The van der Waals surface area contributed by atoms with Gasteiger partial charge in [0.05, 0.1) is 5.38 Å². The van der Waals surface area contributed by atoms with Gasteiger partial charge in [-0.2, -0.15) is 0 Å². The summed E-state index contributed by atoms with van der Waals surface area (Å²) in [4.78, 5) is 12.3. The summed E-state index contributed by atoms with van der Waals surface area (Å²) in [6, 6.07) is 18.7. The standard InChI is InChI=1S/C15H13ClO2S/c16-13(11-7-3-1-4-8-11)14(15(17)18)19-12-9-5-2-6-10-12/h1-10,13-14H,(H,17,18). The van der Waals surface area contributed by atoms with Crippen molar-refractivity contribution < 1.29 is 9.90 Å². The summed E-state index contributed by atoms with van der Waals surface area (Å²) in [5, 5.41) is 8.08. The highest BCUT2D eigenvalue weighted by Gasteiger charge is 2.28. The van der Waals surface area contributed by atoms with Gasteiger partial charge in [-0.1, -0.05) is 48.5 Å². The van der Waals surface area contributed by atoms with Crippen molar-refractivity contribution >= 4 is 29.3 Å². The molecule has 19 heavy (non-hydrogen) atoms. The minimum absolute atomic E-state index is 0.566. The van der Waals surface area contributed by atoms with E-state index in [-0.39, 0.29) is 0 Å². The monoisotopic (exact) mass is 292 g/mol. The summed E-state index contributed by atoms with van der Waals surface area (Å²) in [6.07, 6.45) is 0. The van der Waals surface area contributed by atoms with Crippen molar-refractivity contribution in [1.29, 1.82) is 0 Å². The minimum Gasteiger partial charge on any atom is -0.480 e. The lowest BCUT2D eigenvalue weighted by Gasteiger charge is -2.18. The average Bonchev–Trinajstić information content (AvgIpc) is 2.46. The maximum atomic E-state index is 11.4. The summed E-state index contributed by atoms with van der Waals surface area (Å²) in [6.45, 7) is 0. The lowest BCUT2D eigenvalue weighted by atomic mass is 10.1. The second-order valence-corrected chi connectivity index (χ2v) is 5.69. The van der Waals surface area contributed by atoms with Crippen LogP contribution in [0.25, 0.3) is 0 Å². The van der Waals surface area contributed by atoms with Gasteiger partial charge in [0.2, 0.25) is 0 Å². The van der Waals surface area contributed by atoms with E-state index in [1.54, 1.807) is 0 Å². The maximum absolute atomic E-state index is 11.4. The molecule has 4 heteroatoms. The van der Waals surface area contributed by atoms with Gasteiger partial charge in [-0.25, -0.2) is 0 Å². The lowest BCUT2D eigenvalue weighted by Crippen LogP contribution is -2.21. The Morgan fingerprint density at radius 3 is 2.05 bits per heavy atom. The number of carbonyl (C=O) groups is 1. The third kappa shape index (κ3) is 3.75. The van der Waals surface area contributed by atoms with Crippen LogP contribution in [0.3, 0.4) is 0 Å². The zero-order valence-corrected chi connectivity index (χ0v) is 11.6. The van der Waals surface area contributed by atoms with Crippen LogP contribution in [0.1, 0.15) is 10.9 Å². The smallest absolute Gasteiger partial charge is 0.318 e. The first kappa shape index (κ1) is 14.0. The van der Waals surface area contributed by atoms with Crippen LogP contribution in [0.2, 0.25) is 0 Å². The Labute approximate surface area is 121 Å². The van der Waals surface area contributed by atoms with Gasteiger partial charge in [0, 0.05) is 4.90 Å². The number of halogens is 1. The number of carboxylic acids is 1. The first-order valence-corrected chi connectivity index (χ1v) is 7.13. The van der Waals surface area contributed by atoms with E-state index in [9.17, 15) is 9.90 Å². The summed E-state index contributed by atoms with van der Waals surface area (Å²) < 4.78 is 0. The van der Waals surface area contributed by atoms with Gasteiger partial charge in [0.1, 0.15) is 5.25 Å². The topological polar surface area (TPSA) is 37.3 Å². The average molecular weight is 293 g/mol. The van der Waals surface area contributed by atoms with Crippen LogP contribution in [0.4, 0.5) is 0 Å². The van der Waals surface area contributed by atoms with E-state index in [0.717, 1.165) is 10.5 Å². The summed E-state index contributed by atoms with van der Waals surface area (Å²) >= 11 is 7.58. The summed E-state index contributed by atoms with van der Waals surface area (Å²) in [7, 11) is 0. The molecule has 0 heterocycles. The van der Waals surface area contributed by atoms with Crippen molar-refractivity contribution in [3.05, 3.63) is 66.2 Å². The Kier molecular flexibility index (Phi) is 4.88. The Bertz CT molecular complexity index is 530. The first-order chi connectivity index (χ1) is 9.18. The van der Waals surface area contributed by atoms with Gasteiger partial charge in [-0.15, -0.1) is 23.4 Å². The van der Waals surface area contributed by atoms with E-state index in [2.05, 4.69) is 0 Å². The van der Waals surface area contributed by atoms with Crippen LogP contribution in [0, 0.1) is 0 Å². The zero-order valence-electron chi connectivity index (χ0n) is 10.1. The van der Waals surface area contributed by atoms with Gasteiger partial charge < -0.3 is 5.11 Å². The summed E-state index contributed by atoms with van der Waals surface area (Å²) in [5.74, 6) is -0.905. The van der Waals surface area contributed by atoms with Gasteiger partial charge in [-0.05, 0) is 17.7 Å². The Hall–Kier alpha value is -1.45. The normalized spacial score (nSPS) is 13.7. The van der Waals surface area contributed by atoms with Crippen molar-refractivity contribution in [1.82, 2.24) is 0 Å². The highest BCUT2D eigenvalue weighted by Crippen LogP contribution is 2.36. The molecule has 2 nitrogen and oxygen atoms in total. The molecule has 2 aromatic carbocycles. The molecule has 0 amide bonds. The van der Waals surface area contributed by atoms with E-state index in [1.807, 2.05) is 60.7 Å². The van der Waals surface area contributed by atoms with Gasteiger partial charge >= 0.3 is 5.97 Å². The van der Waals surface area contributed by atoms with E-state index < -0.39 is 16.6 Å². The zero-order chi connectivity index (χ0) is 13.7. The molecule has 0 radical (unpaired) electrons. The van der Waals surface area contributed by atoms with Crippen LogP contribution >= 0.6 is 23.4 Å². The molecular weight excluding hydrogens is 280 g/mol. The molecule has 2 rings (SSSR count). The van der Waals surface area contributed by atoms with E-state index in [0.29, 0.717) is 0 Å². The van der Waals surface area contributed by atoms with E-state index >= 15 is 0 Å². The molecule has 98 valence electrons. The van der Waals surface area contributed by atoms with Crippen LogP contribution in [-0.2, 0) is 4.79 Å². The van der Waals surface area contributed by atoms with E-state index in [4.69, 9.17) is 11.6 Å². The molecule has 0 aliphatic heterocycles. The number of carboxylic acid groups (broad SMARTS) is 1. The molecule has 0 bridgehead atoms. The number of aliphatic carboxylic acids is 1. The molecule has 0 saturated carbocycles. The van der Waals surface area contributed by atoms with Crippen LogP contribution in [0.5, 0.6) is 0 Å².